The maximum atomic E-state index is 13.5. The van der Waals surface area contributed by atoms with Crippen LogP contribution in [0.2, 0.25) is 0 Å². The van der Waals surface area contributed by atoms with Crippen molar-refractivity contribution < 1.29 is 21.9 Å². The molecule has 0 bridgehead atoms. The Morgan fingerprint density at radius 3 is 2.29 bits per heavy atom. The Morgan fingerprint density at radius 2 is 1.68 bits per heavy atom. The number of pyridine rings is 1. The average Bonchev–Trinajstić information content (AvgIpc) is 2.56. The summed E-state index contributed by atoms with van der Waals surface area (Å²) in [4.78, 5) is 11.7. The summed E-state index contributed by atoms with van der Waals surface area (Å²) < 4.78 is 59.3. The predicted octanol–water partition coefficient (Wildman–Crippen LogP) is 3.49. The number of benzene rings is 2. The molecule has 1 heterocycles. The summed E-state index contributed by atoms with van der Waals surface area (Å²) in [5, 5.41) is 0. The fourth-order valence-corrected chi connectivity index (χ4v) is 3.14. The number of aryl methyl sites for hydroxylation is 1. The SMILES string of the molecule is Cn1cc(-c2cc(NS(C)(=O)=O)ccc2Oc2cc(F)cc(F)c2)ccc1=O. The quantitative estimate of drug-likeness (QED) is 0.704. The van der Waals surface area contributed by atoms with Gasteiger partial charge in [-0.1, -0.05) is 0 Å². The molecule has 0 aliphatic heterocycles. The van der Waals surface area contributed by atoms with E-state index in [-0.39, 0.29) is 22.7 Å². The van der Waals surface area contributed by atoms with Crippen molar-refractivity contribution in [2.75, 3.05) is 11.0 Å². The second-order valence-electron chi connectivity index (χ2n) is 6.16. The summed E-state index contributed by atoms with van der Waals surface area (Å²) in [5.41, 5.74) is 1.01. The van der Waals surface area contributed by atoms with Crippen molar-refractivity contribution >= 4 is 15.7 Å². The van der Waals surface area contributed by atoms with Crippen molar-refractivity contribution in [3.8, 4) is 22.6 Å². The van der Waals surface area contributed by atoms with Gasteiger partial charge in [-0.05, 0) is 24.3 Å². The standard InChI is InChI=1S/C19H16F2N2O4S/c1-23-11-12(3-6-19(23)24)17-10-15(22-28(2,25)26)4-5-18(17)27-16-8-13(20)7-14(21)9-16/h3-11,22H,1-2H3. The summed E-state index contributed by atoms with van der Waals surface area (Å²) in [6.45, 7) is 0. The van der Waals surface area contributed by atoms with E-state index in [1.165, 1.54) is 28.8 Å². The smallest absolute Gasteiger partial charge is 0.250 e. The van der Waals surface area contributed by atoms with Gasteiger partial charge in [0.05, 0.1) is 6.26 Å². The number of sulfonamides is 1. The summed E-state index contributed by atoms with van der Waals surface area (Å²) >= 11 is 0. The molecule has 0 atom stereocenters. The van der Waals surface area contributed by atoms with Gasteiger partial charge in [0.1, 0.15) is 23.1 Å². The lowest BCUT2D eigenvalue weighted by molar-refractivity contribution is 0.470. The van der Waals surface area contributed by atoms with E-state index in [0.717, 1.165) is 24.5 Å². The summed E-state index contributed by atoms with van der Waals surface area (Å²) in [5.74, 6) is -1.43. The lowest BCUT2D eigenvalue weighted by Crippen LogP contribution is -2.14. The molecule has 0 amide bonds. The number of hydrogen-bond acceptors (Lipinski definition) is 4. The number of nitrogens with zero attached hydrogens (tertiary/aromatic N) is 1. The zero-order chi connectivity index (χ0) is 20.5. The van der Waals surface area contributed by atoms with Crippen LogP contribution in [-0.2, 0) is 17.1 Å². The van der Waals surface area contributed by atoms with Crippen LogP contribution in [0.1, 0.15) is 0 Å². The second-order valence-corrected chi connectivity index (χ2v) is 7.91. The predicted molar refractivity (Wildman–Crippen MR) is 102 cm³/mol. The highest BCUT2D eigenvalue weighted by atomic mass is 32.2. The van der Waals surface area contributed by atoms with Gasteiger partial charge in [-0.15, -0.1) is 0 Å². The molecule has 0 radical (unpaired) electrons. The van der Waals surface area contributed by atoms with Crippen LogP contribution >= 0.6 is 0 Å². The first-order valence-electron chi connectivity index (χ1n) is 8.03. The van der Waals surface area contributed by atoms with Gasteiger partial charge in [0.15, 0.2) is 0 Å². The van der Waals surface area contributed by atoms with Crippen LogP contribution in [0, 0.1) is 11.6 Å². The Bertz CT molecular complexity index is 1190. The molecular weight excluding hydrogens is 390 g/mol. The first-order chi connectivity index (χ1) is 13.1. The third-order valence-electron chi connectivity index (χ3n) is 3.74. The zero-order valence-corrected chi connectivity index (χ0v) is 15.8. The lowest BCUT2D eigenvalue weighted by atomic mass is 10.1. The molecule has 0 aliphatic carbocycles. The first kappa shape index (κ1) is 19.6. The van der Waals surface area contributed by atoms with Crippen molar-refractivity contribution in [2.45, 2.75) is 0 Å². The van der Waals surface area contributed by atoms with E-state index >= 15 is 0 Å². The minimum atomic E-state index is -3.52. The van der Waals surface area contributed by atoms with E-state index in [9.17, 15) is 22.0 Å². The summed E-state index contributed by atoms with van der Waals surface area (Å²) in [7, 11) is -1.96. The molecule has 28 heavy (non-hydrogen) atoms. The molecule has 0 fully saturated rings. The van der Waals surface area contributed by atoms with Gasteiger partial charge in [0.2, 0.25) is 15.6 Å². The Morgan fingerprint density at radius 1 is 1.00 bits per heavy atom. The monoisotopic (exact) mass is 406 g/mol. The van der Waals surface area contributed by atoms with Crippen molar-refractivity contribution in [3.63, 3.8) is 0 Å². The number of halogens is 2. The Balaban J connectivity index is 2.12. The Kier molecular flexibility index (Phi) is 5.19. The second kappa shape index (κ2) is 7.43. The highest BCUT2D eigenvalue weighted by Gasteiger charge is 2.13. The van der Waals surface area contributed by atoms with Gasteiger partial charge < -0.3 is 9.30 Å². The lowest BCUT2D eigenvalue weighted by Gasteiger charge is -2.14. The van der Waals surface area contributed by atoms with Crippen molar-refractivity contribution in [1.82, 2.24) is 4.57 Å². The van der Waals surface area contributed by atoms with E-state index in [1.54, 1.807) is 19.3 Å². The van der Waals surface area contributed by atoms with Gasteiger partial charge in [0.25, 0.3) is 0 Å². The van der Waals surface area contributed by atoms with Gasteiger partial charge >= 0.3 is 0 Å². The van der Waals surface area contributed by atoms with Crippen LogP contribution in [0.4, 0.5) is 14.5 Å². The number of ether oxygens (including phenoxy) is 1. The molecule has 3 rings (SSSR count). The van der Waals surface area contributed by atoms with Gasteiger partial charge in [-0.3, -0.25) is 9.52 Å². The van der Waals surface area contributed by atoms with Crippen molar-refractivity contribution in [2.24, 2.45) is 7.05 Å². The Hall–Kier alpha value is -3.20. The third kappa shape index (κ3) is 4.74. The maximum absolute atomic E-state index is 13.5. The van der Waals surface area contributed by atoms with Crippen LogP contribution < -0.4 is 15.0 Å². The minimum Gasteiger partial charge on any atom is -0.457 e. The molecule has 0 spiro atoms. The molecule has 2 aromatic carbocycles. The van der Waals surface area contributed by atoms with Crippen LogP contribution in [0.25, 0.3) is 11.1 Å². The highest BCUT2D eigenvalue weighted by molar-refractivity contribution is 7.92. The molecule has 0 saturated carbocycles. The highest BCUT2D eigenvalue weighted by Crippen LogP contribution is 2.35. The minimum absolute atomic E-state index is 0.0626. The molecule has 1 aromatic heterocycles. The van der Waals surface area contributed by atoms with E-state index in [0.29, 0.717) is 11.1 Å². The fraction of sp³-hybridized carbons (Fsp3) is 0.105. The normalized spacial score (nSPS) is 11.3. The molecule has 0 unspecified atom stereocenters. The first-order valence-corrected chi connectivity index (χ1v) is 9.93. The molecule has 6 nitrogen and oxygen atoms in total. The van der Waals surface area contributed by atoms with Gasteiger partial charge in [0, 0.05) is 54.3 Å². The van der Waals surface area contributed by atoms with Crippen LogP contribution in [0.15, 0.2) is 59.5 Å². The molecule has 0 aliphatic rings. The van der Waals surface area contributed by atoms with Crippen LogP contribution in [0.3, 0.4) is 0 Å². The molecular formula is C19H16F2N2O4S. The van der Waals surface area contributed by atoms with Crippen LogP contribution in [-0.4, -0.2) is 19.2 Å². The summed E-state index contributed by atoms with van der Waals surface area (Å²) in [6.07, 6.45) is 2.56. The third-order valence-corrected chi connectivity index (χ3v) is 4.35. The molecule has 1 N–H and O–H groups in total. The summed E-state index contributed by atoms with van der Waals surface area (Å²) in [6, 6.07) is 10.1. The van der Waals surface area contributed by atoms with E-state index in [1.807, 2.05) is 0 Å². The van der Waals surface area contributed by atoms with Crippen molar-refractivity contribution in [1.29, 1.82) is 0 Å². The number of hydrogen-bond donors (Lipinski definition) is 1. The number of nitrogens with one attached hydrogen (secondary N) is 1. The molecule has 146 valence electrons. The Labute approximate surface area is 160 Å². The van der Waals surface area contributed by atoms with Crippen molar-refractivity contribution in [3.05, 3.63) is 76.7 Å². The molecule has 0 saturated heterocycles. The zero-order valence-electron chi connectivity index (χ0n) is 14.9. The fourth-order valence-electron chi connectivity index (χ4n) is 2.59. The van der Waals surface area contributed by atoms with E-state index in [4.69, 9.17) is 4.74 Å². The van der Waals surface area contributed by atoms with E-state index < -0.39 is 21.7 Å². The largest absolute Gasteiger partial charge is 0.457 e. The topological polar surface area (TPSA) is 77.4 Å². The van der Waals surface area contributed by atoms with E-state index in [2.05, 4.69) is 4.72 Å². The number of anilines is 1. The number of aromatic nitrogens is 1. The van der Waals surface area contributed by atoms with Crippen LogP contribution in [0.5, 0.6) is 11.5 Å². The number of rotatable bonds is 5. The van der Waals surface area contributed by atoms with Gasteiger partial charge in [-0.2, -0.15) is 0 Å². The average molecular weight is 406 g/mol. The van der Waals surface area contributed by atoms with Gasteiger partial charge in [-0.25, -0.2) is 17.2 Å². The molecule has 3 aromatic rings. The maximum Gasteiger partial charge on any atom is 0.250 e. The molecule has 9 heteroatoms.